The van der Waals surface area contributed by atoms with Gasteiger partial charge in [0.05, 0.1) is 0 Å². The fourth-order valence-electron chi connectivity index (χ4n) is 5.93. The molecule has 0 heterocycles. The molecule has 0 aliphatic heterocycles. The fraction of sp³-hybridized carbons (Fsp3) is 0.750. The molecular weight excluding hydrogens is 192 g/mol. The summed E-state index contributed by atoms with van der Waals surface area (Å²) in [5.74, 6) is 8.02. The molecule has 3 saturated carbocycles. The van der Waals surface area contributed by atoms with Gasteiger partial charge < -0.3 is 0 Å². The van der Waals surface area contributed by atoms with Crippen LogP contribution >= 0.6 is 0 Å². The maximum Gasteiger partial charge on any atom is -0.0174 e. The Kier molecular flexibility index (Phi) is 1.80. The lowest BCUT2D eigenvalue weighted by atomic mass is 9.65. The summed E-state index contributed by atoms with van der Waals surface area (Å²) in [5.41, 5.74) is 0. The Balaban J connectivity index is 1.72. The Labute approximate surface area is 98.8 Å². The zero-order chi connectivity index (χ0) is 10.9. The second-order valence-electron chi connectivity index (χ2n) is 6.63. The van der Waals surface area contributed by atoms with E-state index in [1.807, 2.05) is 0 Å². The van der Waals surface area contributed by atoms with Crippen molar-refractivity contribution >= 4 is 0 Å². The van der Waals surface area contributed by atoms with E-state index in [-0.39, 0.29) is 0 Å². The van der Waals surface area contributed by atoms with Crippen LogP contribution in [0.15, 0.2) is 24.3 Å². The van der Waals surface area contributed by atoms with Crippen LogP contribution in [0.25, 0.3) is 0 Å². The van der Waals surface area contributed by atoms with Gasteiger partial charge in [-0.15, -0.1) is 0 Å². The van der Waals surface area contributed by atoms with Gasteiger partial charge in [-0.25, -0.2) is 0 Å². The molecule has 4 aliphatic rings. The summed E-state index contributed by atoms with van der Waals surface area (Å²) < 4.78 is 0. The number of rotatable bonds is 1. The summed E-state index contributed by atoms with van der Waals surface area (Å²) in [6.45, 7) is 4.71. The molecule has 0 amide bonds. The van der Waals surface area contributed by atoms with Crippen LogP contribution in [-0.4, -0.2) is 0 Å². The van der Waals surface area contributed by atoms with Crippen molar-refractivity contribution in [2.45, 2.75) is 26.7 Å². The molecule has 3 fully saturated rings. The van der Waals surface area contributed by atoms with Crippen molar-refractivity contribution in [2.75, 3.05) is 0 Å². The molecule has 16 heavy (non-hydrogen) atoms. The molecule has 0 aromatic heterocycles. The van der Waals surface area contributed by atoms with Crippen LogP contribution in [0.5, 0.6) is 0 Å². The van der Waals surface area contributed by atoms with Gasteiger partial charge in [0.15, 0.2) is 0 Å². The number of fused-ring (bicyclic) bond motifs is 9. The molecule has 0 aromatic carbocycles. The first-order valence-electron chi connectivity index (χ1n) is 7.12. The molecule has 4 bridgehead atoms. The van der Waals surface area contributed by atoms with E-state index in [2.05, 4.69) is 38.2 Å². The molecule has 0 aromatic rings. The van der Waals surface area contributed by atoms with Gasteiger partial charge >= 0.3 is 0 Å². The zero-order valence-corrected chi connectivity index (χ0v) is 10.3. The molecule has 8 atom stereocenters. The van der Waals surface area contributed by atoms with Gasteiger partial charge in [0, 0.05) is 0 Å². The van der Waals surface area contributed by atoms with Crippen molar-refractivity contribution in [3.8, 4) is 0 Å². The van der Waals surface area contributed by atoms with Crippen LogP contribution in [0.1, 0.15) is 26.7 Å². The van der Waals surface area contributed by atoms with E-state index >= 15 is 0 Å². The molecule has 0 heteroatoms. The largest absolute Gasteiger partial charge is 0.0914 e. The summed E-state index contributed by atoms with van der Waals surface area (Å²) in [7, 11) is 0. The molecule has 0 N–H and O–H groups in total. The lowest BCUT2D eigenvalue weighted by Gasteiger charge is -2.39. The molecule has 86 valence electrons. The second kappa shape index (κ2) is 3.03. The molecule has 8 unspecified atom stereocenters. The van der Waals surface area contributed by atoms with Crippen molar-refractivity contribution in [3.63, 3.8) is 0 Å². The predicted molar refractivity (Wildman–Crippen MR) is 66.8 cm³/mol. The third kappa shape index (κ3) is 0.931. The van der Waals surface area contributed by atoms with E-state index in [1.54, 1.807) is 6.42 Å². The highest BCUT2D eigenvalue weighted by Gasteiger charge is 2.62. The first-order valence-corrected chi connectivity index (χ1v) is 7.12. The maximum absolute atomic E-state index is 2.55. The standard InChI is InChI=1S/C16H22/c1-3-4-12-9(2)13-8-14(12)16-11-6-5-10(7-11)15(13)16/h3-6,9-16H,7-8H2,1-2H3. The maximum atomic E-state index is 2.55. The van der Waals surface area contributed by atoms with E-state index in [9.17, 15) is 0 Å². The average molecular weight is 214 g/mol. The molecule has 0 nitrogen and oxygen atoms in total. The Morgan fingerprint density at radius 3 is 2.38 bits per heavy atom. The van der Waals surface area contributed by atoms with Crippen LogP contribution in [0.2, 0.25) is 0 Å². The molecular formula is C16H22. The SMILES string of the molecule is CC=CC1C(C)C2CC1C1C3C=CC(C3)C21. The highest BCUT2D eigenvalue weighted by molar-refractivity contribution is 5.23. The van der Waals surface area contributed by atoms with Gasteiger partial charge in [-0.05, 0) is 67.1 Å². The van der Waals surface area contributed by atoms with E-state index in [4.69, 9.17) is 0 Å². The van der Waals surface area contributed by atoms with Crippen molar-refractivity contribution in [3.05, 3.63) is 24.3 Å². The second-order valence-corrected chi connectivity index (χ2v) is 6.63. The van der Waals surface area contributed by atoms with Crippen molar-refractivity contribution in [2.24, 2.45) is 47.3 Å². The summed E-state index contributed by atoms with van der Waals surface area (Å²) >= 11 is 0. The van der Waals surface area contributed by atoms with Crippen LogP contribution in [0.3, 0.4) is 0 Å². The quantitative estimate of drug-likeness (QED) is 0.458. The monoisotopic (exact) mass is 214 g/mol. The van der Waals surface area contributed by atoms with Crippen molar-refractivity contribution in [1.29, 1.82) is 0 Å². The summed E-state index contributed by atoms with van der Waals surface area (Å²) in [6, 6.07) is 0. The fourth-order valence-corrected chi connectivity index (χ4v) is 5.93. The molecule has 4 aliphatic carbocycles. The van der Waals surface area contributed by atoms with Gasteiger partial charge in [0.1, 0.15) is 0 Å². The third-order valence-electron chi connectivity index (χ3n) is 6.31. The Morgan fingerprint density at radius 2 is 1.69 bits per heavy atom. The number of allylic oxidation sites excluding steroid dienone is 4. The summed E-state index contributed by atoms with van der Waals surface area (Å²) in [6.07, 6.45) is 12.9. The van der Waals surface area contributed by atoms with Crippen LogP contribution in [0, 0.1) is 47.3 Å². The Hall–Kier alpha value is -0.520. The first-order chi connectivity index (χ1) is 7.81. The van der Waals surface area contributed by atoms with E-state index in [0.29, 0.717) is 0 Å². The molecule has 4 rings (SSSR count). The minimum atomic E-state index is 0.906. The first kappa shape index (κ1) is 9.50. The van der Waals surface area contributed by atoms with E-state index in [0.717, 1.165) is 47.3 Å². The van der Waals surface area contributed by atoms with Crippen LogP contribution < -0.4 is 0 Å². The Morgan fingerprint density at radius 1 is 1.00 bits per heavy atom. The lowest BCUT2D eigenvalue weighted by molar-refractivity contribution is 0.122. The summed E-state index contributed by atoms with van der Waals surface area (Å²) in [5, 5.41) is 0. The average Bonchev–Trinajstić information content (AvgIpc) is 2.97. The van der Waals surface area contributed by atoms with Crippen molar-refractivity contribution in [1.82, 2.24) is 0 Å². The topological polar surface area (TPSA) is 0 Å². The zero-order valence-electron chi connectivity index (χ0n) is 10.3. The highest BCUT2D eigenvalue weighted by Crippen LogP contribution is 2.68. The summed E-state index contributed by atoms with van der Waals surface area (Å²) in [4.78, 5) is 0. The smallest absolute Gasteiger partial charge is 0.0174 e. The van der Waals surface area contributed by atoms with E-state index < -0.39 is 0 Å². The van der Waals surface area contributed by atoms with Crippen LogP contribution in [0.4, 0.5) is 0 Å². The molecule has 0 saturated heterocycles. The van der Waals surface area contributed by atoms with Gasteiger partial charge in [0.2, 0.25) is 0 Å². The highest BCUT2D eigenvalue weighted by atomic mass is 14.7. The normalized spacial score (nSPS) is 61.4. The molecule has 0 radical (unpaired) electrons. The minimum absolute atomic E-state index is 0.906. The predicted octanol–water partition coefficient (Wildman–Crippen LogP) is 3.90. The van der Waals surface area contributed by atoms with Crippen LogP contribution in [-0.2, 0) is 0 Å². The van der Waals surface area contributed by atoms with Gasteiger partial charge in [-0.3, -0.25) is 0 Å². The molecule has 0 spiro atoms. The van der Waals surface area contributed by atoms with Gasteiger partial charge in [-0.2, -0.15) is 0 Å². The number of hydrogen-bond donors (Lipinski definition) is 0. The lowest BCUT2D eigenvalue weighted by Crippen LogP contribution is -2.35. The minimum Gasteiger partial charge on any atom is -0.0914 e. The van der Waals surface area contributed by atoms with Gasteiger partial charge in [-0.1, -0.05) is 31.2 Å². The third-order valence-corrected chi connectivity index (χ3v) is 6.31. The Bertz CT molecular complexity index is 364. The number of hydrogen-bond acceptors (Lipinski definition) is 0. The van der Waals surface area contributed by atoms with Crippen molar-refractivity contribution < 1.29 is 0 Å². The van der Waals surface area contributed by atoms with Gasteiger partial charge in [0.25, 0.3) is 0 Å². The van der Waals surface area contributed by atoms with E-state index in [1.165, 1.54) is 6.42 Å².